The Kier molecular flexibility index (Phi) is 5.99. The zero-order valence-corrected chi connectivity index (χ0v) is 15.4. The lowest BCUT2D eigenvalue weighted by molar-refractivity contribution is 0.0526. The molecule has 0 fully saturated rings. The van der Waals surface area contributed by atoms with E-state index in [1.165, 1.54) is 5.56 Å². The van der Waals surface area contributed by atoms with E-state index < -0.39 is 0 Å². The molecule has 0 unspecified atom stereocenters. The molecule has 3 rings (SSSR count). The minimum absolute atomic E-state index is 0.325. The molecule has 0 saturated heterocycles. The zero-order chi connectivity index (χ0) is 19.1. The van der Waals surface area contributed by atoms with Gasteiger partial charge in [-0.25, -0.2) is 14.8 Å². The molecule has 0 saturated carbocycles. The number of esters is 1. The molecule has 2 aromatic carbocycles. The summed E-state index contributed by atoms with van der Waals surface area (Å²) in [6, 6.07) is 19.1. The lowest BCUT2D eigenvalue weighted by Gasteiger charge is -2.11. The van der Waals surface area contributed by atoms with Crippen molar-refractivity contribution in [1.29, 1.82) is 0 Å². The Bertz CT molecular complexity index is 896. The van der Waals surface area contributed by atoms with Gasteiger partial charge >= 0.3 is 5.97 Å². The minimum atomic E-state index is -0.325. The van der Waals surface area contributed by atoms with Gasteiger partial charge in [0.25, 0.3) is 0 Å². The molecule has 0 bridgehead atoms. The first kappa shape index (κ1) is 18.4. The van der Waals surface area contributed by atoms with Gasteiger partial charge in [-0.2, -0.15) is 0 Å². The average Bonchev–Trinajstić information content (AvgIpc) is 2.67. The second kappa shape index (κ2) is 8.80. The van der Waals surface area contributed by atoms with Gasteiger partial charge in [-0.1, -0.05) is 30.3 Å². The van der Waals surface area contributed by atoms with Gasteiger partial charge in [-0.15, -0.1) is 0 Å². The third-order valence-electron chi connectivity index (χ3n) is 3.82. The molecule has 0 radical (unpaired) electrons. The summed E-state index contributed by atoms with van der Waals surface area (Å²) in [7, 11) is 0. The fourth-order valence-electron chi connectivity index (χ4n) is 2.56. The predicted molar refractivity (Wildman–Crippen MR) is 106 cm³/mol. The average molecular weight is 362 g/mol. The fourth-order valence-corrected chi connectivity index (χ4v) is 2.56. The summed E-state index contributed by atoms with van der Waals surface area (Å²) in [4.78, 5) is 20.6. The van der Waals surface area contributed by atoms with Gasteiger partial charge in [0.05, 0.1) is 12.2 Å². The van der Waals surface area contributed by atoms with Crippen molar-refractivity contribution in [3.05, 3.63) is 77.6 Å². The van der Waals surface area contributed by atoms with Gasteiger partial charge in [0.15, 0.2) is 0 Å². The van der Waals surface area contributed by atoms with E-state index in [-0.39, 0.29) is 5.97 Å². The molecular weight excluding hydrogens is 340 g/mol. The highest BCUT2D eigenvalue weighted by Crippen LogP contribution is 2.19. The van der Waals surface area contributed by atoms with Gasteiger partial charge in [0, 0.05) is 18.3 Å². The summed E-state index contributed by atoms with van der Waals surface area (Å²) in [5.74, 6) is 1.77. The first-order chi connectivity index (χ1) is 13.1. The second-order valence-corrected chi connectivity index (χ2v) is 5.95. The Morgan fingerprint density at radius 2 is 1.70 bits per heavy atom. The lowest BCUT2D eigenvalue weighted by Crippen LogP contribution is -2.06. The Morgan fingerprint density at radius 1 is 1.00 bits per heavy atom. The van der Waals surface area contributed by atoms with Gasteiger partial charge in [0.1, 0.15) is 17.5 Å². The van der Waals surface area contributed by atoms with Gasteiger partial charge in [0.2, 0.25) is 0 Å². The molecule has 0 aliphatic rings. The number of ether oxygens (including phenoxy) is 1. The van der Waals surface area contributed by atoms with Crippen LogP contribution >= 0.6 is 0 Å². The van der Waals surface area contributed by atoms with Gasteiger partial charge in [-0.05, 0) is 43.7 Å². The summed E-state index contributed by atoms with van der Waals surface area (Å²) in [5, 5.41) is 6.55. The standard InChI is InChI=1S/C21H22N4O2/c1-3-27-21(26)17-9-11-18(12-10-17)25-20-13-19(23-15(2)24-20)22-14-16-7-5-4-6-8-16/h4-13H,3,14H2,1-2H3,(H2,22,23,24,25). The number of benzene rings is 2. The maximum atomic E-state index is 11.7. The van der Waals surface area contributed by atoms with Crippen molar-refractivity contribution >= 4 is 23.3 Å². The SMILES string of the molecule is CCOC(=O)c1ccc(Nc2cc(NCc3ccccc3)nc(C)n2)cc1. The smallest absolute Gasteiger partial charge is 0.338 e. The van der Waals surface area contributed by atoms with Crippen molar-refractivity contribution in [1.82, 2.24) is 9.97 Å². The summed E-state index contributed by atoms with van der Waals surface area (Å²) in [6.45, 7) is 4.68. The van der Waals surface area contributed by atoms with E-state index in [0.29, 0.717) is 30.4 Å². The Hall–Kier alpha value is -3.41. The number of carbonyl (C=O) groups is 1. The van der Waals surface area contributed by atoms with E-state index in [2.05, 4.69) is 32.7 Å². The molecular formula is C21H22N4O2. The van der Waals surface area contributed by atoms with Crippen LogP contribution in [0.15, 0.2) is 60.7 Å². The number of aryl methyl sites for hydroxylation is 1. The van der Waals surface area contributed by atoms with Crippen LogP contribution in [0, 0.1) is 6.92 Å². The Morgan fingerprint density at radius 3 is 2.41 bits per heavy atom. The van der Waals surface area contributed by atoms with Crippen LogP contribution in [0.2, 0.25) is 0 Å². The van der Waals surface area contributed by atoms with Crippen LogP contribution in [0.1, 0.15) is 28.7 Å². The van der Waals surface area contributed by atoms with Crippen molar-refractivity contribution in [2.24, 2.45) is 0 Å². The molecule has 1 heterocycles. The van der Waals surface area contributed by atoms with Crippen molar-refractivity contribution in [3.63, 3.8) is 0 Å². The molecule has 6 heteroatoms. The third kappa shape index (κ3) is 5.28. The predicted octanol–water partition coefficient (Wildman–Crippen LogP) is 4.32. The van der Waals surface area contributed by atoms with Crippen LogP contribution in [0.4, 0.5) is 17.3 Å². The number of carbonyl (C=O) groups excluding carboxylic acids is 1. The zero-order valence-electron chi connectivity index (χ0n) is 15.4. The number of aromatic nitrogens is 2. The van der Waals surface area contributed by atoms with Crippen LogP contribution in [0.3, 0.4) is 0 Å². The lowest BCUT2D eigenvalue weighted by atomic mass is 10.2. The van der Waals surface area contributed by atoms with E-state index >= 15 is 0 Å². The maximum Gasteiger partial charge on any atom is 0.338 e. The minimum Gasteiger partial charge on any atom is -0.462 e. The molecule has 1 aromatic heterocycles. The molecule has 0 aliphatic heterocycles. The summed E-state index contributed by atoms with van der Waals surface area (Å²) in [6.07, 6.45) is 0. The Labute approximate surface area is 158 Å². The maximum absolute atomic E-state index is 11.7. The third-order valence-corrected chi connectivity index (χ3v) is 3.82. The quantitative estimate of drug-likeness (QED) is 0.610. The largest absolute Gasteiger partial charge is 0.462 e. The fraction of sp³-hybridized carbons (Fsp3) is 0.190. The normalized spacial score (nSPS) is 10.3. The van der Waals surface area contributed by atoms with Crippen molar-refractivity contribution in [2.75, 3.05) is 17.2 Å². The second-order valence-electron chi connectivity index (χ2n) is 5.95. The number of nitrogens with zero attached hydrogens (tertiary/aromatic N) is 2. The molecule has 2 N–H and O–H groups in total. The van der Waals surface area contributed by atoms with Crippen molar-refractivity contribution in [2.45, 2.75) is 20.4 Å². The monoisotopic (exact) mass is 362 g/mol. The summed E-state index contributed by atoms with van der Waals surface area (Å²) in [5.41, 5.74) is 2.53. The van der Waals surface area contributed by atoms with E-state index in [4.69, 9.17) is 4.74 Å². The summed E-state index contributed by atoms with van der Waals surface area (Å²) < 4.78 is 4.99. The van der Waals surface area contributed by atoms with E-state index in [0.717, 1.165) is 11.5 Å². The first-order valence-electron chi connectivity index (χ1n) is 8.81. The van der Waals surface area contributed by atoms with E-state index in [1.54, 1.807) is 19.1 Å². The molecule has 138 valence electrons. The highest BCUT2D eigenvalue weighted by molar-refractivity contribution is 5.89. The first-order valence-corrected chi connectivity index (χ1v) is 8.81. The number of nitrogens with one attached hydrogen (secondary N) is 2. The molecule has 0 amide bonds. The topological polar surface area (TPSA) is 76.1 Å². The van der Waals surface area contributed by atoms with Crippen LogP contribution < -0.4 is 10.6 Å². The van der Waals surface area contributed by atoms with Gasteiger partial charge in [-0.3, -0.25) is 0 Å². The molecule has 6 nitrogen and oxygen atoms in total. The number of hydrogen-bond acceptors (Lipinski definition) is 6. The number of anilines is 3. The number of hydrogen-bond donors (Lipinski definition) is 2. The summed E-state index contributed by atoms with van der Waals surface area (Å²) >= 11 is 0. The van der Waals surface area contributed by atoms with Crippen LogP contribution in [-0.2, 0) is 11.3 Å². The van der Waals surface area contributed by atoms with E-state index in [9.17, 15) is 4.79 Å². The molecule has 0 aliphatic carbocycles. The highest BCUT2D eigenvalue weighted by atomic mass is 16.5. The molecule has 0 atom stereocenters. The molecule has 27 heavy (non-hydrogen) atoms. The molecule has 3 aromatic rings. The van der Waals surface area contributed by atoms with E-state index in [1.807, 2.05) is 43.3 Å². The highest BCUT2D eigenvalue weighted by Gasteiger charge is 2.07. The van der Waals surface area contributed by atoms with Crippen LogP contribution in [-0.4, -0.2) is 22.5 Å². The van der Waals surface area contributed by atoms with Gasteiger partial charge < -0.3 is 15.4 Å². The Balaban J connectivity index is 1.68. The van der Waals surface area contributed by atoms with Crippen LogP contribution in [0.25, 0.3) is 0 Å². The van der Waals surface area contributed by atoms with Crippen LogP contribution in [0.5, 0.6) is 0 Å². The number of rotatable bonds is 7. The molecule has 0 spiro atoms. The van der Waals surface area contributed by atoms with Crippen molar-refractivity contribution in [3.8, 4) is 0 Å². The van der Waals surface area contributed by atoms with Crippen molar-refractivity contribution < 1.29 is 9.53 Å².